The number of hydrogen-bond donors (Lipinski definition) is 1. The average Bonchev–Trinajstić information content (AvgIpc) is 1.99. The summed E-state index contributed by atoms with van der Waals surface area (Å²) in [4.78, 5) is 10.4. The van der Waals surface area contributed by atoms with Crippen LogP contribution in [-0.2, 0) is 0 Å². The van der Waals surface area contributed by atoms with Crippen LogP contribution in [0, 0.1) is 0 Å². The fourth-order valence-electron chi connectivity index (χ4n) is 0.434. The van der Waals surface area contributed by atoms with Crippen LogP contribution >= 0.6 is 0 Å². The van der Waals surface area contributed by atoms with E-state index in [0.29, 0.717) is 0 Å². The van der Waals surface area contributed by atoms with Crippen molar-refractivity contribution in [3.8, 4) is 0 Å². The Balaban J connectivity index is 3.31. The molecule has 0 aliphatic rings. The molecule has 0 amide bonds. The molecule has 0 radical (unpaired) electrons. The molecule has 0 heterocycles. The molecule has 2 nitrogen and oxygen atoms in total. The Kier molecular flexibility index (Phi) is 0.772. The van der Waals surface area contributed by atoms with Gasteiger partial charge in [0.25, 0.3) is 0 Å². The van der Waals surface area contributed by atoms with Crippen LogP contribution in [0.15, 0.2) is 30.3 Å². The van der Waals surface area contributed by atoms with E-state index in [-0.39, 0.29) is 23.7 Å². The van der Waals surface area contributed by atoms with E-state index in [1.165, 1.54) is 0 Å². The van der Waals surface area contributed by atoms with E-state index in [4.69, 9.17) is 9.22 Å². The van der Waals surface area contributed by atoms with Crippen LogP contribution in [0.5, 0.6) is 0 Å². The van der Waals surface area contributed by atoms with E-state index in [0.717, 1.165) is 12.1 Å². The first-order valence-electron chi connectivity index (χ1n) is 3.83. The van der Waals surface area contributed by atoms with Gasteiger partial charge in [0.2, 0.25) is 0 Å². The number of carboxylic acids is 1. The number of carbonyl (C=O) groups is 1. The minimum Gasteiger partial charge on any atom is -0.478 e. The predicted molar refractivity (Wildman–Crippen MR) is 33.4 cm³/mol. The van der Waals surface area contributed by atoms with E-state index in [1.54, 1.807) is 0 Å². The maximum absolute atomic E-state index is 10.4. The molecule has 0 aliphatic carbocycles. The molecule has 9 heavy (non-hydrogen) atoms. The van der Waals surface area contributed by atoms with Gasteiger partial charge < -0.3 is 5.11 Å². The van der Waals surface area contributed by atoms with E-state index in [2.05, 4.69) is 0 Å². The Morgan fingerprint density at radius 2 is 2.00 bits per heavy atom. The Hall–Kier alpha value is -1.31. The molecule has 1 rings (SSSR count). The number of benzene rings is 1. The predicted octanol–water partition coefficient (Wildman–Crippen LogP) is 1.38. The third-order valence-corrected chi connectivity index (χ3v) is 0.847. The van der Waals surface area contributed by atoms with Gasteiger partial charge in [-0.2, -0.15) is 0 Å². The zero-order chi connectivity index (χ0) is 9.30. The molecule has 0 bridgehead atoms. The Labute approximate surface area is 57.0 Å². The van der Waals surface area contributed by atoms with Crippen molar-refractivity contribution >= 4 is 5.97 Å². The number of hydrogen-bond acceptors (Lipinski definition) is 1. The molecular formula is C7H6O2. The monoisotopic (exact) mass is 125 g/mol. The summed E-state index contributed by atoms with van der Waals surface area (Å²) in [7, 11) is 0. The molecule has 46 valence electrons. The maximum atomic E-state index is 10.4. The highest BCUT2D eigenvalue weighted by atomic mass is 16.4. The summed E-state index contributed by atoms with van der Waals surface area (Å²) in [5, 5.41) is 8.50. The van der Waals surface area contributed by atoms with Gasteiger partial charge in [0.15, 0.2) is 0 Å². The maximum Gasteiger partial charge on any atom is 0.335 e. The van der Waals surface area contributed by atoms with Gasteiger partial charge >= 0.3 is 5.97 Å². The zero-order valence-corrected chi connectivity index (χ0v) is 4.51. The number of rotatable bonds is 1. The van der Waals surface area contributed by atoms with Crippen molar-refractivity contribution in [2.75, 3.05) is 0 Å². The topological polar surface area (TPSA) is 37.3 Å². The first kappa shape index (κ1) is 3.01. The molecule has 0 saturated carbocycles. The van der Waals surface area contributed by atoms with Gasteiger partial charge in [0, 0.05) is 0 Å². The first-order chi connectivity index (χ1) is 5.52. The van der Waals surface area contributed by atoms with Crippen LogP contribution in [-0.4, -0.2) is 11.1 Å². The fraction of sp³-hybridized carbons (Fsp3) is 0. The van der Waals surface area contributed by atoms with Gasteiger partial charge in [-0.25, -0.2) is 4.79 Å². The molecular weight excluding hydrogens is 116 g/mol. The van der Waals surface area contributed by atoms with Gasteiger partial charge in [-0.15, -0.1) is 0 Å². The minimum absolute atomic E-state index is 0.124. The largest absolute Gasteiger partial charge is 0.478 e. The second kappa shape index (κ2) is 2.31. The van der Waals surface area contributed by atoms with Crippen molar-refractivity contribution in [2.45, 2.75) is 0 Å². The molecule has 0 atom stereocenters. The first-order valence-corrected chi connectivity index (χ1v) is 2.33. The molecule has 0 saturated heterocycles. The van der Waals surface area contributed by atoms with Crippen molar-refractivity contribution in [3.63, 3.8) is 0 Å². The number of aromatic carboxylic acids is 1. The van der Waals surface area contributed by atoms with Crippen molar-refractivity contribution < 1.29 is 14.0 Å². The molecule has 1 aromatic rings. The van der Waals surface area contributed by atoms with Crippen molar-refractivity contribution in [2.24, 2.45) is 0 Å². The second-order valence-electron chi connectivity index (χ2n) is 1.46. The molecule has 1 aromatic carbocycles. The van der Waals surface area contributed by atoms with E-state index < -0.39 is 5.97 Å². The summed E-state index contributed by atoms with van der Waals surface area (Å²) in [5.41, 5.74) is -0.124. The standard InChI is InChI=1S/C7H6O2/c8-7(9)6-4-2-1-3-5-6/h1-5H,(H,8,9)/i1D,2D,3D. The number of carboxylic acid groups (broad SMARTS) is 1. The van der Waals surface area contributed by atoms with Crippen LogP contribution < -0.4 is 0 Å². The highest BCUT2D eigenvalue weighted by Gasteiger charge is 1.96. The molecule has 0 unspecified atom stereocenters. The van der Waals surface area contributed by atoms with E-state index >= 15 is 0 Å². The highest BCUT2D eigenvalue weighted by molar-refractivity contribution is 5.87. The summed E-state index contributed by atoms with van der Waals surface area (Å²) in [6.07, 6.45) is 0. The van der Waals surface area contributed by atoms with Crippen molar-refractivity contribution in [3.05, 3.63) is 35.8 Å². The summed E-state index contributed by atoms with van der Waals surface area (Å²) >= 11 is 0. The lowest BCUT2D eigenvalue weighted by Crippen LogP contribution is -1.93. The molecule has 0 aromatic heterocycles. The van der Waals surface area contributed by atoms with Crippen LogP contribution in [0.1, 0.15) is 14.5 Å². The molecule has 1 N–H and O–H groups in total. The summed E-state index contributed by atoms with van der Waals surface area (Å²) < 4.78 is 21.4. The van der Waals surface area contributed by atoms with Crippen LogP contribution in [0.4, 0.5) is 0 Å². The highest BCUT2D eigenvalue weighted by Crippen LogP contribution is 1.96. The SMILES string of the molecule is [2H]c1cc(C(=O)O)cc([2H])c1[2H]. The third-order valence-electron chi connectivity index (χ3n) is 0.847. The molecule has 0 fully saturated rings. The summed E-state index contributed by atoms with van der Waals surface area (Å²) in [5.74, 6) is -1.18. The lowest BCUT2D eigenvalue weighted by atomic mass is 10.2. The summed E-state index contributed by atoms with van der Waals surface area (Å²) in [6.45, 7) is 0. The van der Waals surface area contributed by atoms with E-state index in [9.17, 15) is 4.79 Å². The normalized spacial score (nSPS) is 13.6. The quantitative estimate of drug-likeness (QED) is 0.615. The van der Waals surface area contributed by atoms with Gasteiger partial charge in [-0.1, -0.05) is 18.1 Å². The Morgan fingerprint density at radius 3 is 2.44 bits per heavy atom. The second-order valence-corrected chi connectivity index (χ2v) is 1.46. The van der Waals surface area contributed by atoms with Gasteiger partial charge in [-0.3, -0.25) is 0 Å². The van der Waals surface area contributed by atoms with Crippen LogP contribution in [0.2, 0.25) is 0 Å². The molecule has 0 aliphatic heterocycles. The lowest BCUT2D eigenvalue weighted by molar-refractivity contribution is 0.0697. The Bertz CT molecular complexity index is 312. The van der Waals surface area contributed by atoms with Crippen LogP contribution in [0.3, 0.4) is 0 Å². The van der Waals surface area contributed by atoms with Gasteiger partial charge in [0.05, 0.1) is 9.68 Å². The van der Waals surface area contributed by atoms with Gasteiger partial charge in [-0.05, 0) is 12.1 Å². The van der Waals surface area contributed by atoms with E-state index in [1.807, 2.05) is 0 Å². The smallest absolute Gasteiger partial charge is 0.335 e. The third kappa shape index (κ3) is 1.29. The van der Waals surface area contributed by atoms with Crippen molar-refractivity contribution in [1.82, 2.24) is 0 Å². The van der Waals surface area contributed by atoms with Gasteiger partial charge in [0.1, 0.15) is 0 Å². The molecule has 2 heteroatoms. The van der Waals surface area contributed by atoms with Crippen molar-refractivity contribution in [1.29, 1.82) is 0 Å². The van der Waals surface area contributed by atoms with Crippen LogP contribution in [0.25, 0.3) is 0 Å². The summed E-state index contributed by atoms with van der Waals surface area (Å²) in [6, 6.07) is 1.39. The Morgan fingerprint density at radius 1 is 1.44 bits per heavy atom. The minimum atomic E-state index is -1.18. The molecule has 0 spiro atoms. The fourth-order valence-corrected chi connectivity index (χ4v) is 0.434. The average molecular weight is 125 g/mol. The lowest BCUT2D eigenvalue weighted by Gasteiger charge is -1.88. The zero-order valence-electron chi connectivity index (χ0n) is 7.51.